The standard InChI is InChI=1S/C27H29N3O7S2/c1-4-36-25(31)22-17(3)23(26(32)37-5-2)38-24(22)29-27(33)28-19-12-8-13-20(16-19)39(34,35)30-15-9-11-18-10-6-7-14-21(18)30/h6-8,10,12-14,16H,4-5,9,11,15H2,1-3H3,(H2,28,29,33). The molecule has 3 aromatic rings. The predicted molar refractivity (Wildman–Crippen MR) is 149 cm³/mol. The van der Waals surface area contributed by atoms with Crippen molar-refractivity contribution in [3.8, 4) is 0 Å². The molecule has 0 atom stereocenters. The molecule has 0 radical (unpaired) electrons. The number of carbonyl (C=O) groups is 3. The highest BCUT2D eigenvalue weighted by atomic mass is 32.2. The van der Waals surface area contributed by atoms with E-state index in [9.17, 15) is 22.8 Å². The summed E-state index contributed by atoms with van der Waals surface area (Å²) in [5, 5.41) is 5.31. The zero-order chi connectivity index (χ0) is 28.2. The molecule has 206 valence electrons. The number of amides is 2. The van der Waals surface area contributed by atoms with Gasteiger partial charge in [-0.2, -0.15) is 0 Å². The van der Waals surface area contributed by atoms with Crippen LogP contribution in [0, 0.1) is 6.92 Å². The van der Waals surface area contributed by atoms with Crippen molar-refractivity contribution in [2.75, 3.05) is 34.7 Å². The molecule has 2 amide bonds. The van der Waals surface area contributed by atoms with Gasteiger partial charge in [0.2, 0.25) is 0 Å². The molecule has 0 saturated carbocycles. The highest BCUT2D eigenvalue weighted by Crippen LogP contribution is 2.35. The maximum Gasteiger partial charge on any atom is 0.348 e. The normalized spacial score (nSPS) is 12.8. The molecule has 2 N–H and O–H groups in total. The number of urea groups is 1. The number of hydrogen-bond donors (Lipinski definition) is 2. The van der Waals surface area contributed by atoms with Crippen LogP contribution in [0.25, 0.3) is 0 Å². The fourth-order valence-corrected chi connectivity index (χ4v) is 6.99. The number of anilines is 3. The number of carbonyl (C=O) groups excluding carboxylic acids is 3. The van der Waals surface area contributed by atoms with E-state index in [1.807, 2.05) is 12.1 Å². The van der Waals surface area contributed by atoms with Gasteiger partial charge in [-0.25, -0.2) is 22.8 Å². The van der Waals surface area contributed by atoms with Crippen LogP contribution in [0.2, 0.25) is 0 Å². The molecule has 2 aromatic carbocycles. The van der Waals surface area contributed by atoms with Gasteiger partial charge in [0.25, 0.3) is 10.0 Å². The van der Waals surface area contributed by atoms with Gasteiger partial charge in [-0.3, -0.25) is 9.62 Å². The Morgan fingerprint density at radius 1 is 0.974 bits per heavy atom. The van der Waals surface area contributed by atoms with Crippen molar-refractivity contribution in [2.24, 2.45) is 0 Å². The van der Waals surface area contributed by atoms with E-state index in [1.165, 1.54) is 22.5 Å². The SMILES string of the molecule is CCOC(=O)c1sc(NC(=O)Nc2cccc(S(=O)(=O)N3CCCc4ccccc43)c2)c(C(=O)OCC)c1C. The van der Waals surface area contributed by atoms with E-state index in [2.05, 4.69) is 10.6 Å². The number of aryl methyl sites for hydroxylation is 1. The molecular formula is C27H29N3O7S2. The third-order valence-electron chi connectivity index (χ3n) is 6.06. The zero-order valence-electron chi connectivity index (χ0n) is 21.8. The topological polar surface area (TPSA) is 131 Å². The van der Waals surface area contributed by atoms with E-state index in [0.717, 1.165) is 23.3 Å². The second kappa shape index (κ2) is 11.9. The van der Waals surface area contributed by atoms with Crippen LogP contribution < -0.4 is 14.9 Å². The number of ether oxygens (including phenoxy) is 2. The minimum absolute atomic E-state index is 0.0285. The molecule has 0 bridgehead atoms. The van der Waals surface area contributed by atoms with Gasteiger partial charge in [0.15, 0.2) is 0 Å². The number of esters is 2. The van der Waals surface area contributed by atoms with Crippen LogP contribution >= 0.6 is 11.3 Å². The number of rotatable bonds is 8. The van der Waals surface area contributed by atoms with Gasteiger partial charge in [-0.05, 0) is 69.0 Å². The summed E-state index contributed by atoms with van der Waals surface area (Å²) in [5.41, 5.74) is 2.24. The van der Waals surface area contributed by atoms with Gasteiger partial charge in [0, 0.05) is 12.2 Å². The number of hydrogen-bond acceptors (Lipinski definition) is 8. The maximum atomic E-state index is 13.5. The van der Waals surface area contributed by atoms with Crippen LogP contribution in [-0.4, -0.2) is 46.1 Å². The molecule has 39 heavy (non-hydrogen) atoms. The highest BCUT2D eigenvalue weighted by Gasteiger charge is 2.30. The largest absolute Gasteiger partial charge is 0.462 e. The lowest BCUT2D eigenvalue weighted by Gasteiger charge is -2.30. The lowest BCUT2D eigenvalue weighted by molar-refractivity contribution is 0.0527. The number of nitrogens with zero attached hydrogens (tertiary/aromatic N) is 1. The van der Waals surface area contributed by atoms with Gasteiger partial charge < -0.3 is 14.8 Å². The summed E-state index contributed by atoms with van der Waals surface area (Å²) in [6.07, 6.45) is 1.51. The van der Waals surface area contributed by atoms with Crippen molar-refractivity contribution in [1.82, 2.24) is 0 Å². The minimum atomic E-state index is -3.88. The Morgan fingerprint density at radius 2 is 1.69 bits per heavy atom. The second-order valence-corrected chi connectivity index (χ2v) is 11.5. The Hall–Kier alpha value is -3.90. The quantitative estimate of drug-likeness (QED) is 0.356. The third-order valence-corrected chi connectivity index (χ3v) is 9.06. The Balaban J connectivity index is 1.57. The van der Waals surface area contributed by atoms with E-state index in [0.29, 0.717) is 24.2 Å². The molecule has 0 unspecified atom stereocenters. The van der Waals surface area contributed by atoms with Crippen LogP contribution in [0.5, 0.6) is 0 Å². The number of sulfonamides is 1. The first-order valence-electron chi connectivity index (χ1n) is 12.4. The smallest absolute Gasteiger partial charge is 0.348 e. The van der Waals surface area contributed by atoms with Gasteiger partial charge in [-0.15, -0.1) is 11.3 Å². The van der Waals surface area contributed by atoms with Gasteiger partial charge >= 0.3 is 18.0 Å². The summed E-state index contributed by atoms with van der Waals surface area (Å²) in [7, 11) is -3.88. The fraction of sp³-hybridized carbons (Fsp3) is 0.296. The molecule has 12 heteroatoms. The summed E-state index contributed by atoms with van der Waals surface area (Å²) < 4.78 is 38.6. The number of nitrogens with one attached hydrogen (secondary N) is 2. The van der Waals surface area contributed by atoms with Crippen LogP contribution in [0.4, 0.5) is 21.2 Å². The molecule has 0 fully saturated rings. The lowest BCUT2D eigenvalue weighted by Crippen LogP contribution is -2.35. The summed E-state index contributed by atoms with van der Waals surface area (Å²) in [6, 6.07) is 12.6. The number of thiophene rings is 1. The Bertz CT molecular complexity index is 1520. The summed E-state index contributed by atoms with van der Waals surface area (Å²) >= 11 is 0.897. The van der Waals surface area contributed by atoms with Crippen LogP contribution in [0.15, 0.2) is 53.4 Å². The molecule has 1 aliphatic heterocycles. The second-order valence-electron chi connectivity index (χ2n) is 8.62. The molecule has 1 aromatic heterocycles. The number of fused-ring (bicyclic) bond motifs is 1. The van der Waals surface area contributed by atoms with Crippen molar-refractivity contribution in [1.29, 1.82) is 0 Å². The summed E-state index contributed by atoms with van der Waals surface area (Å²) in [6.45, 7) is 5.50. The average molecular weight is 572 g/mol. The first-order valence-corrected chi connectivity index (χ1v) is 14.7. The van der Waals surface area contributed by atoms with Crippen molar-refractivity contribution in [3.63, 3.8) is 0 Å². The molecule has 2 heterocycles. The summed E-state index contributed by atoms with van der Waals surface area (Å²) in [4.78, 5) is 38.1. The van der Waals surface area contributed by atoms with Gasteiger partial charge in [0.05, 0.1) is 29.4 Å². The van der Waals surface area contributed by atoms with E-state index in [1.54, 1.807) is 39.0 Å². The van der Waals surface area contributed by atoms with E-state index >= 15 is 0 Å². The molecule has 10 nitrogen and oxygen atoms in total. The van der Waals surface area contributed by atoms with Crippen molar-refractivity contribution < 1.29 is 32.3 Å². The molecular weight excluding hydrogens is 542 g/mol. The van der Waals surface area contributed by atoms with Crippen LogP contribution in [0.1, 0.15) is 51.4 Å². The van der Waals surface area contributed by atoms with Gasteiger partial charge in [-0.1, -0.05) is 24.3 Å². The van der Waals surface area contributed by atoms with Gasteiger partial charge in [0.1, 0.15) is 9.88 Å². The zero-order valence-corrected chi connectivity index (χ0v) is 23.4. The van der Waals surface area contributed by atoms with Crippen LogP contribution in [-0.2, 0) is 25.9 Å². The monoisotopic (exact) mass is 571 g/mol. The van der Waals surface area contributed by atoms with Crippen molar-refractivity contribution in [2.45, 2.75) is 38.5 Å². The first-order chi connectivity index (χ1) is 18.7. The molecule has 0 aliphatic carbocycles. The maximum absolute atomic E-state index is 13.5. The van der Waals surface area contributed by atoms with Crippen molar-refractivity contribution >= 4 is 55.7 Å². The molecule has 0 saturated heterocycles. The lowest BCUT2D eigenvalue weighted by atomic mass is 10.0. The average Bonchev–Trinajstić information content (AvgIpc) is 3.24. The van der Waals surface area contributed by atoms with Crippen molar-refractivity contribution in [3.05, 3.63) is 70.1 Å². The minimum Gasteiger partial charge on any atom is -0.462 e. The van der Waals surface area contributed by atoms with Crippen LogP contribution in [0.3, 0.4) is 0 Å². The Morgan fingerprint density at radius 3 is 2.44 bits per heavy atom. The fourth-order valence-electron chi connectivity index (χ4n) is 4.32. The molecule has 1 aliphatic rings. The van der Waals surface area contributed by atoms with E-state index < -0.39 is 28.0 Å². The van der Waals surface area contributed by atoms with E-state index in [4.69, 9.17) is 9.47 Å². The number of para-hydroxylation sites is 1. The Labute approximate surface area is 231 Å². The predicted octanol–water partition coefficient (Wildman–Crippen LogP) is 5.20. The first kappa shape index (κ1) is 28.1. The summed E-state index contributed by atoms with van der Waals surface area (Å²) in [5.74, 6) is -1.30. The molecule has 0 spiro atoms. The third kappa shape index (κ3) is 5.91. The number of benzene rings is 2. The van der Waals surface area contributed by atoms with E-state index in [-0.39, 0.29) is 39.2 Å². The molecule has 4 rings (SSSR count). The highest BCUT2D eigenvalue weighted by molar-refractivity contribution is 7.92. The Kier molecular flexibility index (Phi) is 8.56.